The van der Waals surface area contributed by atoms with Crippen molar-refractivity contribution in [2.75, 3.05) is 5.32 Å². The summed E-state index contributed by atoms with van der Waals surface area (Å²) in [5.74, 6) is -0.436. The lowest BCUT2D eigenvalue weighted by Gasteiger charge is -2.08. The first-order valence-electron chi connectivity index (χ1n) is 5.64. The smallest absolute Gasteiger partial charge is 0.147 e. The van der Waals surface area contributed by atoms with Gasteiger partial charge in [0.25, 0.3) is 0 Å². The molecule has 1 heterocycles. The molecule has 0 radical (unpaired) electrons. The fraction of sp³-hybridized carbons (Fsp3) is 0.231. The van der Waals surface area contributed by atoms with Crippen LogP contribution in [0.15, 0.2) is 22.7 Å². The van der Waals surface area contributed by atoms with E-state index >= 15 is 0 Å². The number of anilines is 1. The van der Waals surface area contributed by atoms with Gasteiger partial charge < -0.3 is 5.32 Å². The summed E-state index contributed by atoms with van der Waals surface area (Å²) < 4.78 is 16.4. The molecule has 0 saturated heterocycles. The lowest BCUT2D eigenvalue weighted by molar-refractivity contribution is 0.628. The molecule has 0 amide bonds. The highest BCUT2D eigenvalue weighted by Crippen LogP contribution is 2.22. The molecule has 0 atom stereocenters. The van der Waals surface area contributed by atoms with Gasteiger partial charge in [0.15, 0.2) is 0 Å². The molecule has 98 valence electrons. The molecule has 6 heteroatoms. The summed E-state index contributed by atoms with van der Waals surface area (Å²) >= 11 is 3.46. The molecule has 0 bridgehead atoms. The maximum absolute atomic E-state index is 13.7. The van der Waals surface area contributed by atoms with Crippen LogP contribution in [0.1, 0.15) is 17.0 Å². The number of halogens is 2. The highest BCUT2D eigenvalue weighted by Gasteiger charge is 2.11. The average molecular weight is 323 g/mol. The van der Waals surface area contributed by atoms with E-state index in [9.17, 15) is 4.39 Å². The molecule has 1 N–H and O–H groups in total. The normalized spacial score (nSPS) is 10.3. The monoisotopic (exact) mass is 322 g/mol. The summed E-state index contributed by atoms with van der Waals surface area (Å²) in [4.78, 5) is 0. The Kier molecular flexibility index (Phi) is 3.86. The number of nitrogens with one attached hydrogen (secondary N) is 1. The van der Waals surface area contributed by atoms with Crippen LogP contribution in [0, 0.1) is 24.1 Å². The van der Waals surface area contributed by atoms with Gasteiger partial charge in [-0.2, -0.15) is 10.4 Å². The fourth-order valence-electron chi connectivity index (χ4n) is 1.78. The lowest BCUT2D eigenvalue weighted by atomic mass is 10.2. The Hall–Kier alpha value is -1.87. The second-order valence-corrected chi connectivity index (χ2v) is 4.92. The molecule has 0 aliphatic carbocycles. The van der Waals surface area contributed by atoms with E-state index in [4.69, 9.17) is 5.26 Å². The van der Waals surface area contributed by atoms with Crippen molar-refractivity contribution in [3.05, 3.63) is 45.4 Å². The van der Waals surface area contributed by atoms with Crippen LogP contribution in [-0.2, 0) is 13.6 Å². The van der Waals surface area contributed by atoms with Crippen molar-refractivity contribution in [2.24, 2.45) is 7.05 Å². The molecule has 0 fully saturated rings. The third kappa shape index (κ3) is 2.76. The molecular weight excluding hydrogens is 311 g/mol. The predicted octanol–water partition coefficient (Wildman–Crippen LogP) is 3.11. The van der Waals surface area contributed by atoms with Gasteiger partial charge in [0.2, 0.25) is 0 Å². The van der Waals surface area contributed by atoms with E-state index in [0.29, 0.717) is 17.8 Å². The Morgan fingerprint density at radius 1 is 1.53 bits per heavy atom. The lowest BCUT2D eigenvalue weighted by Crippen LogP contribution is -2.07. The first-order valence-corrected chi connectivity index (χ1v) is 6.43. The van der Waals surface area contributed by atoms with Gasteiger partial charge in [-0.05, 0) is 41.1 Å². The fourth-order valence-corrected chi connectivity index (χ4v) is 2.26. The summed E-state index contributed by atoms with van der Waals surface area (Å²) in [6.07, 6.45) is 0. The summed E-state index contributed by atoms with van der Waals surface area (Å²) in [5.41, 5.74) is 2.49. The molecule has 2 rings (SSSR count). The van der Waals surface area contributed by atoms with Crippen molar-refractivity contribution in [1.82, 2.24) is 9.78 Å². The van der Waals surface area contributed by atoms with Crippen LogP contribution in [0.2, 0.25) is 0 Å². The van der Waals surface area contributed by atoms with Crippen molar-refractivity contribution in [2.45, 2.75) is 13.5 Å². The number of hydrogen-bond acceptors (Lipinski definition) is 3. The quantitative estimate of drug-likeness (QED) is 0.944. The average Bonchev–Trinajstić information content (AvgIpc) is 2.62. The van der Waals surface area contributed by atoms with Crippen LogP contribution in [0.3, 0.4) is 0 Å². The van der Waals surface area contributed by atoms with E-state index in [-0.39, 0.29) is 0 Å². The summed E-state index contributed by atoms with van der Waals surface area (Å²) in [6.45, 7) is 2.34. The highest BCUT2D eigenvalue weighted by atomic mass is 79.9. The van der Waals surface area contributed by atoms with Gasteiger partial charge >= 0.3 is 0 Å². The van der Waals surface area contributed by atoms with Crippen molar-refractivity contribution >= 4 is 21.6 Å². The van der Waals surface area contributed by atoms with Crippen LogP contribution in [0.25, 0.3) is 0 Å². The van der Waals surface area contributed by atoms with Crippen molar-refractivity contribution in [3.8, 4) is 6.07 Å². The van der Waals surface area contributed by atoms with Crippen LogP contribution in [0.4, 0.5) is 10.1 Å². The number of nitrogens with zero attached hydrogens (tertiary/aromatic N) is 3. The van der Waals surface area contributed by atoms with Crippen molar-refractivity contribution < 1.29 is 4.39 Å². The van der Waals surface area contributed by atoms with E-state index in [1.165, 1.54) is 6.07 Å². The number of benzene rings is 1. The minimum atomic E-state index is -0.436. The first kappa shape index (κ1) is 13.6. The minimum Gasteiger partial charge on any atom is -0.377 e. The van der Waals surface area contributed by atoms with E-state index in [1.807, 2.05) is 20.0 Å². The maximum Gasteiger partial charge on any atom is 0.147 e. The van der Waals surface area contributed by atoms with Crippen LogP contribution >= 0.6 is 15.9 Å². The largest absolute Gasteiger partial charge is 0.377 e. The third-order valence-corrected chi connectivity index (χ3v) is 3.84. The zero-order valence-corrected chi connectivity index (χ0v) is 12.1. The Morgan fingerprint density at radius 3 is 2.79 bits per heavy atom. The van der Waals surface area contributed by atoms with Crippen LogP contribution in [0.5, 0.6) is 0 Å². The molecule has 0 spiro atoms. The predicted molar refractivity (Wildman–Crippen MR) is 74.1 cm³/mol. The standard InChI is InChI=1S/C13H12BrFN4/c1-8-13(14)12(19(2)18-8)7-17-11-4-3-9(6-16)5-10(11)15/h3-5,17H,7H2,1-2H3. The minimum absolute atomic E-state index is 0.306. The van der Waals surface area contributed by atoms with Gasteiger partial charge in [0.05, 0.1) is 39.7 Å². The van der Waals surface area contributed by atoms with E-state index < -0.39 is 5.82 Å². The number of hydrogen-bond donors (Lipinski definition) is 1. The summed E-state index contributed by atoms with van der Waals surface area (Å²) in [5, 5.41) is 15.9. The topological polar surface area (TPSA) is 53.6 Å². The molecule has 1 aromatic carbocycles. The number of aryl methyl sites for hydroxylation is 2. The molecule has 19 heavy (non-hydrogen) atoms. The van der Waals surface area contributed by atoms with E-state index in [1.54, 1.807) is 16.8 Å². The summed E-state index contributed by atoms with van der Waals surface area (Å²) in [6, 6.07) is 6.25. The van der Waals surface area contributed by atoms with Gasteiger partial charge in [0.1, 0.15) is 5.82 Å². The number of nitriles is 1. The molecule has 4 nitrogen and oxygen atoms in total. The first-order chi connectivity index (χ1) is 9.02. The molecule has 0 saturated carbocycles. The third-order valence-electron chi connectivity index (χ3n) is 2.81. The molecular formula is C13H12BrFN4. The summed E-state index contributed by atoms with van der Waals surface area (Å²) in [7, 11) is 1.84. The molecule has 0 aliphatic heterocycles. The Bertz CT molecular complexity index is 657. The van der Waals surface area contributed by atoms with Gasteiger partial charge in [-0.3, -0.25) is 4.68 Å². The van der Waals surface area contributed by atoms with E-state index in [2.05, 4.69) is 26.3 Å². The van der Waals surface area contributed by atoms with Gasteiger partial charge in [0, 0.05) is 7.05 Å². The molecule has 0 aliphatic rings. The zero-order valence-electron chi connectivity index (χ0n) is 10.5. The van der Waals surface area contributed by atoms with Crippen molar-refractivity contribution in [1.29, 1.82) is 5.26 Å². The SMILES string of the molecule is Cc1nn(C)c(CNc2ccc(C#N)cc2F)c1Br. The second kappa shape index (κ2) is 5.41. The number of aromatic nitrogens is 2. The molecule has 1 aromatic heterocycles. The molecule has 2 aromatic rings. The second-order valence-electron chi connectivity index (χ2n) is 4.13. The zero-order chi connectivity index (χ0) is 14.0. The molecule has 0 unspecified atom stereocenters. The van der Waals surface area contributed by atoms with Gasteiger partial charge in [-0.1, -0.05) is 0 Å². The number of rotatable bonds is 3. The Balaban J connectivity index is 2.17. The Morgan fingerprint density at radius 2 is 2.26 bits per heavy atom. The highest BCUT2D eigenvalue weighted by molar-refractivity contribution is 9.10. The van der Waals surface area contributed by atoms with Crippen LogP contribution in [-0.4, -0.2) is 9.78 Å². The van der Waals surface area contributed by atoms with Crippen molar-refractivity contribution in [3.63, 3.8) is 0 Å². The maximum atomic E-state index is 13.7. The Labute approximate surface area is 119 Å². The van der Waals surface area contributed by atoms with Gasteiger partial charge in [-0.15, -0.1) is 0 Å². The van der Waals surface area contributed by atoms with Crippen LogP contribution < -0.4 is 5.32 Å². The van der Waals surface area contributed by atoms with Gasteiger partial charge in [-0.25, -0.2) is 4.39 Å². The van der Waals surface area contributed by atoms with E-state index in [0.717, 1.165) is 15.9 Å².